The van der Waals surface area contributed by atoms with Crippen molar-refractivity contribution in [3.05, 3.63) is 72.3 Å². The van der Waals surface area contributed by atoms with Gasteiger partial charge in [-0.15, -0.1) is 0 Å². The molecule has 0 unspecified atom stereocenters. The fourth-order valence-corrected chi connectivity index (χ4v) is 2.13. The van der Waals surface area contributed by atoms with E-state index in [9.17, 15) is 9.18 Å². The maximum absolute atomic E-state index is 12.9. The van der Waals surface area contributed by atoms with E-state index in [2.05, 4.69) is 25.3 Å². The Kier molecular flexibility index (Phi) is 4.84. The summed E-state index contributed by atoms with van der Waals surface area (Å²) in [7, 11) is 1.34. The number of anilines is 4. The molecule has 0 saturated carbocycles. The van der Waals surface area contributed by atoms with E-state index in [0.29, 0.717) is 22.9 Å². The first kappa shape index (κ1) is 16.4. The summed E-state index contributed by atoms with van der Waals surface area (Å²) in [4.78, 5) is 19.7. The highest BCUT2D eigenvalue weighted by Crippen LogP contribution is 2.20. The van der Waals surface area contributed by atoms with E-state index < -0.39 is 0 Å². The van der Waals surface area contributed by atoms with Gasteiger partial charge in [-0.1, -0.05) is 0 Å². The van der Waals surface area contributed by atoms with Gasteiger partial charge in [0, 0.05) is 17.4 Å². The monoisotopic (exact) mass is 338 g/mol. The Hall–Kier alpha value is -3.48. The molecule has 6 nitrogen and oxygen atoms in total. The second-order valence-corrected chi connectivity index (χ2v) is 5.11. The van der Waals surface area contributed by atoms with Gasteiger partial charge in [-0.25, -0.2) is 19.2 Å². The van der Waals surface area contributed by atoms with Crippen LogP contribution in [0.25, 0.3) is 0 Å². The van der Waals surface area contributed by atoms with Gasteiger partial charge in [0.1, 0.15) is 23.8 Å². The zero-order valence-corrected chi connectivity index (χ0v) is 13.4. The molecule has 0 aliphatic rings. The number of halogens is 1. The van der Waals surface area contributed by atoms with Crippen molar-refractivity contribution >= 4 is 29.0 Å². The molecular weight excluding hydrogens is 323 g/mol. The van der Waals surface area contributed by atoms with Gasteiger partial charge >= 0.3 is 5.97 Å². The van der Waals surface area contributed by atoms with Crippen LogP contribution in [0.15, 0.2) is 60.9 Å². The molecule has 2 aromatic carbocycles. The van der Waals surface area contributed by atoms with Gasteiger partial charge < -0.3 is 15.4 Å². The molecule has 0 saturated heterocycles. The smallest absolute Gasteiger partial charge is 0.337 e. The molecule has 0 spiro atoms. The second-order valence-electron chi connectivity index (χ2n) is 5.11. The maximum Gasteiger partial charge on any atom is 0.337 e. The molecular formula is C18H15FN4O2. The van der Waals surface area contributed by atoms with Gasteiger partial charge in [-0.3, -0.25) is 0 Å². The average molecular weight is 338 g/mol. The summed E-state index contributed by atoms with van der Waals surface area (Å²) in [5.41, 5.74) is 1.95. The van der Waals surface area contributed by atoms with Gasteiger partial charge in [-0.2, -0.15) is 0 Å². The predicted molar refractivity (Wildman–Crippen MR) is 92.8 cm³/mol. The van der Waals surface area contributed by atoms with E-state index in [1.807, 2.05) is 0 Å². The number of nitrogens with one attached hydrogen (secondary N) is 2. The van der Waals surface area contributed by atoms with Crippen LogP contribution in [-0.4, -0.2) is 23.0 Å². The SMILES string of the molecule is COC(=O)c1ccc(Nc2cc(Nc3ccc(F)cc3)ncn2)cc1. The minimum atomic E-state index is -0.389. The topological polar surface area (TPSA) is 76.1 Å². The molecule has 0 bridgehead atoms. The maximum atomic E-state index is 12.9. The summed E-state index contributed by atoms with van der Waals surface area (Å²) in [5, 5.41) is 6.19. The summed E-state index contributed by atoms with van der Waals surface area (Å²) in [6.07, 6.45) is 1.41. The lowest BCUT2D eigenvalue weighted by molar-refractivity contribution is 0.0601. The lowest BCUT2D eigenvalue weighted by Gasteiger charge is -2.09. The highest BCUT2D eigenvalue weighted by Gasteiger charge is 2.05. The lowest BCUT2D eigenvalue weighted by Crippen LogP contribution is -2.01. The number of nitrogens with zero attached hydrogens (tertiary/aromatic N) is 2. The molecule has 126 valence electrons. The van der Waals surface area contributed by atoms with E-state index in [-0.39, 0.29) is 11.8 Å². The highest BCUT2D eigenvalue weighted by molar-refractivity contribution is 5.89. The number of esters is 1. The summed E-state index contributed by atoms with van der Waals surface area (Å²) in [6.45, 7) is 0. The fraction of sp³-hybridized carbons (Fsp3) is 0.0556. The number of rotatable bonds is 5. The third kappa shape index (κ3) is 4.29. The van der Waals surface area contributed by atoms with Crippen LogP contribution >= 0.6 is 0 Å². The second kappa shape index (κ2) is 7.39. The van der Waals surface area contributed by atoms with Crippen LogP contribution in [0.3, 0.4) is 0 Å². The van der Waals surface area contributed by atoms with Crippen molar-refractivity contribution in [3.8, 4) is 0 Å². The average Bonchev–Trinajstić information content (AvgIpc) is 2.64. The molecule has 25 heavy (non-hydrogen) atoms. The molecule has 2 N–H and O–H groups in total. The van der Waals surface area contributed by atoms with Crippen LogP contribution in [0.4, 0.5) is 27.4 Å². The Morgan fingerprint density at radius 1 is 0.920 bits per heavy atom. The zero-order chi connectivity index (χ0) is 17.6. The van der Waals surface area contributed by atoms with Gasteiger partial charge in [0.05, 0.1) is 12.7 Å². The molecule has 3 rings (SSSR count). The number of benzene rings is 2. The zero-order valence-electron chi connectivity index (χ0n) is 13.4. The highest BCUT2D eigenvalue weighted by atomic mass is 19.1. The van der Waals surface area contributed by atoms with E-state index in [1.165, 1.54) is 25.6 Å². The molecule has 0 fully saturated rings. The van der Waals surface area contributed by atoms with Crippen LogP contribution < -0.4 is 10.6 Å². The van der Waals surface area contributed by atoms with Gasteiger partial charge in [-0.05, 0) is 48.5 Å². The Morgan fingerprint density at radius 3 is 1.96 bits per heavy atom. The third-order valence-corrected chi connectivity index (χ3v) is 3.36. The molecule has 0 radical (unpaired) electrons. The largest absolute Gasteiger partial charge is 0.465 e. The molecule has 0 aliphatic heterocycles. The minimum Gasteiger partial charge on any atom is -0.465 e. The van der Waals surface area contributed by atoms with E-state index in [0.717, 1.165) is 5.69 Å². The van der Waals surface area contributed by atoms with Crippen LogP contribution in [0, 0.1) is 5.82 Å². The van der Waals surface area contributed by atoms with Crippen LogP contribution in [0.5, 0.6) is 0 Å². The molecule has 0 atom stereocenters. The van der Waals surface area contributed by atoms with Gasteiger partial charge in [0.2, 0.25) is 0 Å². The number of ether oxygens (including phenoxy) is 1. The fourth-order valence-electron chi connectivity index (χ4n) is 2.13. The standard InChI is InChI=1S/C18H15FN4O2/c1-25-18(24)12-2-6-14(7-3-12)22-16-10-17(21-11-20-16)23-15-8-4-13(19)5-9-15/h2-11H,1H3,(H2,20,21,22,23). The first-order valence-electron chi connectivity index (χ1n) is 7.44. The predicted octanol–water partition coefficient (Wildman–Crippen LogP) is 3.89. The number of carbonyl (C=O) groups is 1. The first-order chi connectivity index (χ1) is 12.1. The molecule has 0 amide bonds. The Balaban J connectivity index is 1.71. The van der Waals surface area contributed by atoms with Crippen molar-refractivity contribution in [3.63, 3.8) is 0 Å². The molecule has 1 aromatic heterocycles. The summed E-state index contributed by atoms with van der Waals surface area (Å²) < 4.78 is 17.6. The van der Waals surface area contributed by atoms with Gasteiger partial charge in [0.15, 0.2) is 0 Å². The van der Waals surface area contributed by atoms with E-state index >= 15 is 0 Å². The number of methoxy groups -OCH3 is 1. The van der Waals surface area contributed by atoms with Crippen molar-refractivity contribution in [1.29, 1.82) is 0 Å². The van der Waals surface area contributed by atoms with Crippen molar-refractivity contribution in [2.45, 2.75) is 0 Å². The summed E-state index contributed by atoms with van der Waals surface area (Å²) in [6, 6.07) is 14.5. The van der Waals surface area contributed by atoms with Crippen LogP contribution in [0.2, 0.25) is 0 Å². The number of carbonyl (C=O) groups excluding carboxylic acids is 1. The molecule has 0 aliphatic carbocycles. The van der Waals surface area contributed by atoms with Crippen molar-refractivity contribution in [2.24, 2.45) is 0 Å². The molecule has 1 heterocycles. The van der Waals surface area contributed by atoms with Crippen LogP contribution in [0.1, 0.15) is 10.4 Å². The van der Waals surface area contributed by atoms with Crippen molar-refractivity contribution in [1.82, 2.24) is 9.97 Å². The van der Waals surface area contributed by atoms with Crippen LogP contribution in [-0.2, 0) is 4.74 Å². The minimum absolute atomic E-state index is 0.300. The number of hydrogen-bond donors (Lipinski definition) is 2. The lowest BCUT2D eigenvalue weighted by atomic mass is 10.2. The third-order valence-electron chi connectivity index (χ3n) is 3.36. The Bertz CT molecular complexity index is 867. The van der Waals surface area contributed by atoms with E-state index in [1.54, 1.807) is 42.5 Å². The van der Waals surface area contributed by atoms with Crippen molar-refractivity contribution in [2.75, 3.05) is 17.7 Å². The number of aromatic nitrogens is 2. The summed E-state index contributed by atoms with van der Waals surface area (Å²) in [5.74, 6) is 0.450. The quantitative estimate of drug-likeness (QED) is 0.687. The van der Waals surface area contributed by atoms with Gasteiger partial charge in [0.25, 0.3) is 0 Å². The first-order valence-corrected chi connectivity index (χ1v) is 7.44. The van der Waals surface area contributed by atoms with E-state index in [4.69, 9.17) is 0 Å². The molecule has 3 aromatic rings. The summed E-state index contributed by atoms with van der Waals surface area (Å²) >= 11 is 0. The number of hydrogen-bond acceptors (Lipinski definition) is 6. The Labute approximate surface area is 143 Å². The normalized spacial score (nSPS) is 10.2. The van der Waals surface area contributed by atoms with Crippen molar-refractivity contribution < 1.29 is 13.9 Å². The molecule has 7 heteroatoms. The Morgan fingerprint density at radius 2 is 1.44 bits per heavy atom.